The van der Waals surface area contributed by atoms with Crippen LogP contribution in [0, 0.1) is 13.8 Å². The molecular weight excluding hydrogens is 342 g/mol. The highest BCUT2D eigenvalue weighted by Gasteiger charge is 2.14. The molecule has 0 spiro atoms. The van der Waals surface area contributed by atoms with Crippen LogP contribution in [0.1, 0.15) is 37.5 Å². The van der Waals surface area contributed by atoms with E-state index in [1.807, 2.05) is 18.2 Å². The molecule has 1 heterocycles. The van der Waals surface area contributed by atoms with Crippen LogP contribution < -0.4 is 5.32 Å². The van der Waals surface area contributed by atoms with Gasteiger partial charge in [-0.05, 0) is 72.4 Å². The van der Waals surface area contributed by atoms with Crippen molar-refractivity contribution in [2.45, 2.75) is 40.0 Å². The Morgan fingerprint density at radius 2 is 1.43 bits per heavy atom. The highest BCUT2D eigenvalue weighted by atomic mass is 16.3. The fourth-order valence-corrected chi connectivity index (χ4v) is 3.62. The molecule has 1 N–H and O–H groups in total. The quantitative estimate of drug-likeness (QED) is 0.399. The average Bonchev–Trinajstić information content (AvgIpc) is 3.08. The Bertz CT molecular complexity index is 1070. The van der Waals surface area contributed by atoms with Crippen molar-refractivity contribution in [3.63, 3.8) is 0 Å². The van der Waals surface area contributed by atoms with Crippen LogP contribution >= 0.6 is 0 Å². The summed E-state index contributed by atoms with van der Waals surface area (Å²) in [5.41, 5.74) is 8.21. The molecule has 0 unspecified atom stereocenters. The third-order valence-electron chi connectivity index (χ3n) is 5.26. The second-order valence-corrected chi connectivity index (χ2v) is 8.59. The van der Waals surface area contributed by atoms with Crippen LogP contribution in [0.15, 0.2) is 71.1 Å². The van der Waals surface area contributed by atoms with Crippen LogP contribution in [0.5, 0.6) is 0 Å². The predicted octanol–water partition coefficient (Wildman–Crippen LogP) is 7.76. The van der Waals surface area contributed by atoms with E-state index >= 15 is 0 Å². The van der Waals surface area contributed by atoms with E-state index in [2.05, 4.69) is 88.5 Å². The van der Waals surface area contributed by atoms with Crippen molar-refractivity contribution in [2.75, 3.05) is 5.32 Å². The summed E-state index contributed by atoms with van der Waals surface area (Å²) in [4.78, 5) is 0. The summed E-state index contributed by atoms with van der Waals surface area (Å²) in [5.74, 6) is 0.911. The first-order chi connectivity index (χ1) is 13.3. The molecule has 1 aromatic heterocycles. The highest BCUT2D eigenvalue weighted by molar-refractivity contribution is 5.83. The molecule has 0 fully saturated rings. The van der Waals surface area contributed by atoms with E-state index in [0.717, 1.165) is 33.7 Å². The van der Waals surface area contributed by atoms with Crippen LogP contribution in [0.3, 0.4) is 0 Å². The van der Waals surface area contributed by atoms with Crippen molar-refractivity contribution in [1.29, 1.82) is 0 Å². The van der Waals surface area contributed by atoms with Gasteiger partial charge in [0.15, 0.2) is 0 Å². The van der Waals surface area contributed by atoms with Crippen LogP contribution in [0.25, 0.3) is 22.3 Å². The highest BCUT2D eigenvalue weighted by Crippen LogP contribution is 2.34. The number of hydrogen-bond acceptors (Lipinski definition) is 2. The summed E-state index contributed by atoms with van der Waals surface area (Å²) in [6.45, 7) is 11.0. The van der Waals surface area contributed by atoms with Crippen molar-refractivity contribution >= 4 is 22.3 Å². The van der Waals surface area contributed by atoms with Crippen LogP contribution in [0.2, 0.25) is 0 Å². The molecule has 3 aromatic carbocycles. The number of fused-ring (bicyclic) bond motifs is 1. The minimum absolute atomic E-state index is 0.165. The predicted molar refractivity (Wildman–Crippen MR) is 120 cm³/mol. The van der Waals surface area contributed by atoms with Gasteiger partial charge >= 0.3 is 0 Å². The molecule has 0 aliphatic carbocycles. The number of anilines is 2. The van der Waals surface area contributed by atoms with Crippen LogP contribution in [-0.4, -0.2) is 0 Å². The first-order valence-corrected chi connectivity index (χ1v) is 9.79. The molecule has 2 nitrogen and oxygen atoms in total. The van der Waals surface area contributed by atoms with E-state index in [0.29, 0.717) is 0 Å². The molecule has 28 heavy (non-hydrogen) atoms. The lowest BCUT2D eigenvalue weighted by molar-refractivity contribution is 0.590. The topological polar surface area (TPSA) is 25.2 Å². The average molecular weight is 370 g/mol. The maximum absolute atomic E-state index is 6.05. The number of para-hydroxylation sites is 1. The van der Waals surface area contributed by atoms with E-state index in [4.69, 9.17) is 4.42 Å². The molecule has 4 aromatic rings. The Kier molecular flexibility index (Phi) is 4.50. The zero-order valence-corrected chi connectivity index (χ0v) is 17.3. The molecule has 0 radical (unpaired) electrons. The molecule has 2 heteroatoms. The molecule has 0 amide bonds. The summed E-state index contributed by atoms with van der Waals surface area (Å²) >= 11 is 0. The van der Waals surface area contributed by atoms with Gasteiger partial charge in [-0.3, -0.25) is 0 Å². The first kappa shape index (κ1) is 18.4. The van der Waals surface area contributed by atoms with Gasteiger partial charge in [0.2, 0.25) is 0 Å². The Labute approximate surface area is 167 Å². The molecule has 0 saturated carbocycles. The number of nitrogens with one attached hydrogen (secondary N) is 1. The maximum atomic E-state index is 6.05. The van der Waals surface area contributed by atoms with E-state index in [1.165, 1.54) is 16.7 Å². The van der Waals surface area contributed by atoms with E-state index < -0.39 is 0 Å². The Balaban J connectivity index is 1.64. The normalized spacial score (nSPS) is 11.8. The third-order valence-corrected chi connectivity index (χ3v) is 5.26. The Morgan fingerprint density at radius 3 is 2.04 bits per heavy atom. The van der Waals surface area contributed by atoms with Crippen molar-refractivity contribution < 1.29 is 4.42 Å². The molecule has 0 aliphatic rings. The van der Waals surface area contributed by atoms with E-state index in [1.54, 1.807) is 0 Å². The molecule has 0 aliphatic heterocycles. The molecule has 142 valence electrons. The van der Waals surface area contributed by atoms with Gasteiger partial charge < -0.3 is 9.73 Å². The zero-order valence-electron chi connectivity index (χ0n) is 17.3. The van der Waals surface area contributed by atoms with Gasteiger partial charge in [0, 0.05) is 22.3 Å². The lowest BCUT2D eigenvalue weighted by Gasteiger charge is -2.20. The smallest absolute Gasteiger partial charge is 0.135 e. The van der Waals surface area contributed by atoms with Crippen molar-refractivity contribution in [2.24, 2.45) is 0 Å². The Hall–Kier alpha value is -3.00. The van der Waals surface area contributed by atoms with Crippen molar-refractivity contribution in [3.8, 4) is 11.3 Å². The fraction of sp³-hybridized carbons (Fsp3) is 0.231. The first-order valence-electron chi connectivity index (χ1n) is 9.79. The minimum Gasteiger partial charge on any atom is -0.456 e. The van der Waals surface area contributed by atoms with Crippen LogP contribution in [-0.2, 0) is 5.41 Å². The summed E-state index contributed by atoms with van der Waals surface area (Å²) in [6.07, 6.45) is 0. The summed E-state index contributed by atoms with van der Waals surface area (Å²) in [6, 6.07) is 23.4. The van der Waals surface area contributed by atoms with Gasteiger partial charge in [-0.25, -0.2) is 0 Å². The lowest BCUT2D eigenvalue weighted by Crippen LogP contribution is -2.10. The van der Waals surface area contributed by atoms with Crippen LogP contribution in [0.4, 0.5) is 11.4 Å². The lowest BCUT2D eigenvalue weighted by atomic mass is 9.87. The van der Waals surface area contributed by atoms with Gasteiger partial charge in [0.25, 0.3) is 0 Å². The number of furan rings is 1. The molecule has 0 bridgehead atoms. The van der Waals surface area contributed by atoms with Gasteiger partial charge in [-0.2, -0.15) is 0 Å². The van der Waals surface area contributed by atoms with E-state index in [9.17, 15) is 0 Å². The van der Waals surface area contributed by atoms with Gasteiger partial charge in [-0.1, -0.05) is 51.1 Å². The van der Waals surface area contributed by atoms with Gasteiger partial charge in [-0.15, -0.1) is 0 Å². The zero-order chi connectivity index (χ0) is 19.9. The fourth-order valence-electron chi connectivity index (χ4n) is 3.62. The van der Waals surface area contributed by atoms with Crippen molar-refractivity contribution in [3.05, 3.63) is 83.4 Å². The molecule has 0 saturated heterocycles. The Morgan fingerprint density at radius 1 is 0.786 bits per heavy atom. The molecular formula is C26H27NO. The molecule has 4 rings (SSSR count). The number of benzene rings is 3. The van der Waals surface area contributed by atoms with E-state index in [-0.39, 0.29) is 5.41 Å². The van der Waals surface area contributed by atoms with Gasteiger partial charge in [0.05, 0.1) is 0 Å². The summed E-state index contributed by atoms with van der Waals surface area (Å²) in [5, 5.41) is 4.73. The second kappa shape index (κ2) is 6.87. The third kappa shape index (κ3) is 3.55. The number of aryl methyl sites for hydroxylation is 2. The number of hydrogen-bond donors (Lipinski definition) is 1. The monoisotopic (exact) mass is 369 g/mol. The SMILES string of the molecule is Cc1cc(-c2cc3ccccc3o2)cc(C)c1Nc1ccc(C(C)(C)C)cc1. The number of rotatable bonds is 3. The second-order valence-electron chi connectivity index (χ2n) is 8.59. The minimum atomic E-state index is 0.165. The molecule has 0 atom stereocenters. The van der Waals surface area contributed by atoms with Crippen molar-refractivity contribution in [1.82, 2.24) is 0 Å². The largest absolute Gasteiger partial charge is 0.456 e. The standard InChI is InChI=1S/C26H27NO/c1-17-14-20(24-16-19-8-6-7-9-23(19)28-24)15-18(2)25(17)27-22-12-10-21(11-13-22)26(3,4)5/h6-16,27H,1-5H3. The van der Waals surface area contributed by atoms with Gasteiger partial charge in [0.1, 0.15) is 11.3 Å². The summed E-state index contributed by atoms with van der Waals surface area (Å²) in [7, 11) is 0. The summed E-state index contributed by atoms with van der Waals surface area (Å²) < 4.78 is 6.05. The maximum Gasteiger partial charge on any atom is 0.135 e.